The van der Waals surface area contributed by atoms with Gasteiger partial charge in [-0.1, -0.05) is 30.3 Å². The summed E-state index contributed by atoms with van der Waals surface area (Å²) in [4.78, 5) is 6.37. The lowest BCUT2D eigenvalue weighted by Gasteiger charge is -2.20. The van der Waals surface area contributed by atoms with Crippen LogP contribution >= 0.6 is 0 Å². The average Bonchev–Trinajstić information content (AvgIpc) is 2.94. The standard InChI is InChI=1S/C12H16N4O2S/c13-6-7-16(9-11-4-2-1-3-5-11)19(17,18)12-8-14-10-15-12/h1-5,8,10H,6-7,9,13H2,(H,14,15). The SMILES string of the molecule is NCCN(Cc1ccccc1)S(=O)(=O)c1cnc[nH]1. The Bertz CT molecular complexity index is 596. The molecule has 0 spiro atoms. The molecule has 19 heavy (non-hydrogen) atoms. The van der Waals surface area contributed by atoms with Crippen LogP contribution in [0.15, 0.2) is 47.9 Å². The minimum Gasteiger partial charge on any atom is -0.335 e. The maximum atomic E-state index is 12.4. The summed E-state index contributed by atoms with van der Waals surface area (Å²) in [7, 11) is -3.58. The third-order valence-corrected chi connectivity index (χ3v) is 4.44. The Hall–Kier alpha value is -1.70. The van der Waals surface area contributed by atoms with Crippen molar-refractivity contribution in [2.75, 3.05) is 13.1 Å². The molecule has 2 rings (SSSR count). The largest absolute Gasteiger partial charge is 0.335 e. The van der Waals surface area contributed by atoms with Gasteiger partial charge in [0.1, 0.15) is 0 Å². The second kappa shape index (κ2) is 5.96. The van der Waals surface area contributed by atoms with Gasteiger partial charge in [0.15, 0.2) is 5.03 Å². The highest BCUT2D eigenvalue weighted by Gasteiger charge is 2.25. The quantitative estimate of drug-likeness (QED) is 0.808. The first-order valence-corrected chi connectivity index (χ1v) is 7.31. The summed E-state index contributed by atoms with van der Waals surface area (Å²) in [5.74, 6) is 0. The topological polar surface area (TPSA) is 92.1 Å². The normalized spacial score (nSPS) is 11.9. The zero-order chi connectivity index (χ0) is 13.7. The minimum atomic E-state index is -3.58. The molecule has 0 atom stereocenters. The molecule has 0 saturated carbocycles. The second-order valence-corrected chi connectivity index (χ2v) is 5.94. The molecule has 0 saturated heterocycles. The van der Waals surface area contributed by atoms with E-state index in [-0.39, 0.29) is 18.1 Å². The van der Waals surface area contributed by atoms with Gasteiger partial charge in [-0.25, -0.2) is 13.4 Å². The van der Waals surface area contributed by atoms with E-state index in [0.717, 1.165) is 5.56 Å². The Morgan fingerprint density at radius 3 is 2.58 bits per heavy atom. The van der Waals surface area contributed by atoms with Crippen LogP contribution in [0.2, 0.25) is 0 Å². The third kappa shape index (κ3) is 3.19. The summed E-state index contributed by atoms with van der Waals surface area (Å²) < 4.78 is 26.1. The van der Waals surface area contributed by atoms with E-state index in [1.807, 2.05) is 30.3 Å². The molecule has 1 heterocycles. The van der Waals surface area contributed by atoms with Crippen LogP contribution in [0.3, 0.4) is 0 Å². The summed E-state index contributed by atoms with van der Waals surface area (Å²) in [5.41, 5.74) is 6.42. The number of nitrogens with two attached hydrogens (primary N) is 1. The van der Waals surface area contributed by atoms with Crippen LogP contribution in [0.5, 0.6) is 0 Å². The molecule has 0 aliphatic rings. The van der Waals surface area contributed by atoms with Crippen LogP contribution in [-0.2, 0) is 16.6 Å². The van der Waals surface area contributed by atoms with Gasteiger partial charge in [0, 0.05) is 19.6 Å². The molecule has 6 nitrogen and oxygen atoms in total. The molecule has 0 aliphatic carbocycles. The van der Waals surface area contributed by atoms with Crippen molar-refractivity contribution in [1.29, 1.82) is 0 Å². The van der Waals surface area contributed by atoms with Gasteiger partial charge >= 0.3 is 0 Å². The Kier molecular flexibility index (Phi) is 4.31. The number of rotatable bonds is 6. The van der Waals surface area contributed by atoms with Crippen LogP contribution in [0.25, 0.3) is 0 Å². The molecule has 0 radical (unpaired) electrons. The number of aromatic nitrogens is 2. The van der Waals surface area contributed by atoms with E-state index < -0.39 is 10.0 Å². The maximum absolute atomic E-state index is 12.4. The lowest BCUT2D eigenvalue weighted by Crippen LogP contribution is -2.35. The van der Waals surface area contributed by atoms with Gasteiger partial charge in [0.2, 0.25) is 0 Å². The summed E-state index contributed by atoms with van der Waals surface area (Å²) >= 11 is 0. The van der Waals surface area contributed by atoms with E-state index in [2.05, 4.69) is 9.97 Å². The van der Waals surface area contributed by atoms with Gasteiger partial charge in [-0.2, -0.15) is 4.31 Å². The van der Waals surface area contributed by atoms with Crippen molar-refractivity contribution < 1.29 is 8.42 Å². The summed E-state index contributed by atoms with van der Waals surface area (Å²) in [6, 6.07) is 9.40. The van der Waals surface area contributed by atoms with Gasteiger partial charge < -0.3 is 10.7 Å². The number of hydrogen-bond acceptors (Lipinski definition) is 4. The molecule has 0 bridgehead atoms. The number of benzene rings is 1. The lowest BCUT2D eigenvalue weighted by atomic mass is 10.2. The van der Waals surface area contributed by atoms with Crippen LogP contribution in [0, 0.1) is 0 Å². The van der Waals surface area contributed by atoms with Crippen LogP contribution < -0.4 is 5.73 Å². The number of imidazole rings is 1. The van der Waals surface area contributed by atoms with Crippen molar-refractivity contribution in [3.8, 4) is 0 Å². The highest BCUT2D eigenvalue weighted by Crippen LogP contribution is 2.15. The van der Waals surface area contributed by atoms with Crippen molar-refractivity contribution in [3.63, 3.8) is 0 Å². The Labute approximate surface area is 112 Å². The van der Waals surface area contributed by atoms with E-state index in [0.29, 0.717) is 6.54 Å². The van der Waals surface area contributed by atoms with Crippen molar-refractivity contribution in [2.24, 2.45) is 5.73 Å². The summed E-state index contributed by atoms with van der Waals surface area (Å²) in [6.45, 7) is 0.815. The predicted molar refractivity (Wildman–Crippen MR) is 71.7 cm³/mol. The van der Waals surface area contributed by atoms with E-state index in [4.69, 9.17) is 5.73 Å². The molecule has 3 N–H and O–H groups in total. The van der Waals surface area contributed by atoms with E-state index in [1.54, 1.807) is 0 Å². The first-order chi connectivity index (χ1) is 9.14. The monoisotopic (exact) mass is 280 g/mol. The smallest absolute Gasteiger partial charge is 0.260 e. The molecule has 1 aromatic carbocycles. The van der Waals surface area contributed by atoms with Gasteiger partial charge in [-0.05, 0) is 5.56 Å². The van der Waals surface area contributed by atoms with Gasteiger partial charge in [0.05, 0.1) is 12.5 Å². The molecule has 102 valence electrons. The fourth-order valence-electron chi connectivity index (χ4n) is 1.74. The first kappa shape index (κ1) is 13.7. The zero-order valence-electron chi connectivity index (χ0n) is 10.4. The van der Waals surface area contributed by atoms with E-state index in [9.17, 15) is 8.42 Å². The zero-order valence-corrected chi connectivity index (χ0v) is 11.2. The Morgan fingerprint density at radius 1 is 1.26 bits per heavy atom. The average molecular weight is 280 g/mol. The molecule has 0 unspecified atom stereocenters. The highest BCUT2D eigenvalue weighted by atomic mass is 32.2. The fraction of sp³-hybridized carbons (Fsp3) is 0.250. The fourth-order valence-corrected chi connectivity index (χ4v) is 3.08. The first-order valence-electron chi connectivity index (χ1n) is 5.87. The maximum Gasteiger partial charge on any atom is 0.260 e. The molecule has 0 fully saturated rings. The third-order valence-electron chi connectivity index (χ3n) is 2.67. The molecule has 1 aromatic heterocycles. The van der Waals surface area contributed by atoms with Crippen LogP contribution in [0.4, 0.5) is 0 Å². The molecule has 0 aliphatic heterocycles. The predicted octanol–water partition coefficient (Wildman–Crippen LogP) is 0.559. The van der Waals surface area contributed by atoms with Crippen molar-refractivity contribution in [1.82, 2.24) is 14.3 Å². The number of sulfonamides is 1. The van der Waals surface area contributed by atoms with Crippen molar-refractivity contribution in [2.45, 2.75) is 11.6 Å². The Balaban J connectivity index is 2.26. The van der Waals surface area contributed by atoms with Crippen molar-refractivity contribution in [3.05, 3.63) is 48.4 Å². The number of nitrogens with one attached hydrogen (secondary N) is 1. The molecule has 0 amide bonds. The number of hydrogen-bond donors (Lipinski definition) is 2. The molecule has 7 heteroatoms. The number of H-pyrrole nitrogens is 1. The van der Waals surface area contributed by atoms with Gasteiger partial charge in [0.25, 0.3) is 10.0 Å². The van der Waals surface area contributed by atoms with Crippen LogP contribution in [0.1, 0.15) is 5.56 Å². The number of aromatic amines is 1. The Morgan fingerprint density at radius 2 is 2.00 bits per heavy atom. The lowest BCUT2D eigenvalue weighted by molar-refractivity contribution is 0.412. The summed E-state index contributed by atoms with van der Waals surface area (Å²) in [5, 5.41) is 0.0804. The van der Waals surface area contributed by atoms with Crippen molar-refractivity contribution >= 4 is 10.0 Å². The number of nitrogens with zero attached hydrogens (tertiary/aromatic N) is 2. The van der Waals surface area contributed by atoms with Gasteiger partial charge in [-0.15, -0.1) is 0 Å². The van der Waals surface area contributed by atoms with Crippen LogP contribution in [-0.4, -0.2) is 35.8 Å². The van der Waals surface area contributed by atoms with E-state index in [1.165, 1.54) is 16.8 Å². The molecular formula is C12H16N4O2S. The second-order valence-electron chi connectivity index (χ2n) is 4.03. The molecule has 2 aromatic rings. The highest BCUT2D eigenvalue weighted by molar-refractivity contribution is 7.89. The summed E-state index contributed by atoms with van der Waals surface area (Å²) in [6.07, 6.45) is 2.64. The minimum absolute atomic E-state index is 0.0804. The van der Waals surface area contributed by atoms with Gasteiger partial charge in [-0.3, -0.25) is 0 Å². The van der Waals surface area contributed by atoms with E-state index >= 15 is 0 Å². The molecular weight excluding hydrogens is 264 g/mol.